The van der Waals surface area contributed by atoms with E-state index in [0.717, 1.165) is 46.1 Å². The Morgan fingerprint density at radius 1 is 1.04 bits per heavy atom. The van der Waals surface area contributed by atoms with Crippen molar-refractivity contribution in [1.29, 1.82) is 0 Å². The van der Waals surface area contributed by atoms with Gasteiger partial charge in [-0.15, -0.1) is 10.2 Å². The van der Waals surface area contributed by atoms with E-state index in [-0.39, 0.29) is 0 Å². The molecule has 0 aromatic carbocycles. The molecule has 2 atom stereocenters. The van der Waals surface area contributed by atoms with Crippen LogP contribution in [0.1, 0.15) is 40.9 Å². The van der Waals surface area contributed by atoms with E-state index in [4.69, 9.17) is 21.8 Å². The summed E-state index contributed by atoms with van der Waals surface area (Å²) in [5, 5.41) is 22.6. The smallest absolute Gasteiger partial charge is 0.180 e. The zero-order valence-electron chi connectivity index (χ0n) is 15.5. The molecule has 1 aliphatic rings. The summed E-state index contributed by atoms with van der Waals surface area (Å²) in [6.07, 6.45) is 3.04. The predicted molar refractivity (Wildman–Crippen MR) is 101 cm³/mol. The maximum Gasteiger partial charge on any atom is 0.180 e. The van der Waals surface area contributed by atoms with Gasteiger partial charge in [0.25, 0.3) is 0 Å². The quantitative estimate of drug-likeness (QED) is 0.544. The minimum Gasteiger partial charge on any atom is -0.274 e. The standard InChI is InChI=1S/C18H19ClN8/c1-9-5-15(23-27-10(2)20-21-18(9)27)16-7-14(22-26(16)4)12-6-11(12)13-8-25(3)24-17(13)19/h5,7-8,11-12H,6H2,1-4H3. The largest absolute Gasteiger partial charge is 0.274 e. The topological polar surface area (TPSA) is 78.7 Å². The number of rotatable bonds is 3. The Balaban J connectivity index is 1.51. The van der Waals surface area contributed by atoms with Crippen LogP contribution in [0.2, 0.25) is 5.15 Å². The molecule has 2 unspecified atom stereocenters. The van der Waals surface area contributed by atoms with Crippen molar-refractivity contribution in [3.63, 3.8) is 0 Å². The molecule has 8 nitrogen and oxygen atoms in total. The number of aryl methyl sites for hydroxylation is 4. The third kappa shape index (κ3) is 2.55. The number of aromatic nitrogens is 8. The van der Waals surface area contributed by atoms with Crippen LogP contribution in [0.3, 0.4) is 0 Å². The molecule has 0 aliphatic heterocycles. The summed E-state index contributed by atoms with van der Waals surface area (Å²) < 4.78 is 5.44. The molecule has 4 aromatic heterocycles. The third-order valence-corrected chi connectivity index (χ3v) is 5.54. The number of hydrogen-bond donors (Lipinski definition) is 0. The Morgan fingerprint density at radius 3 is 2.59 bits per heavy atom. The van der Waals surface area contributed by atoms with Crippen LogP contribution in [0.5, 0.6) is 0 Å². The average molecular weight is 383 g/mol. The highest BCUT2D eigenvalue weighted by Gasteiger charge is 2.43. The van der Waals surface area contributed by atoms with E-state index in [2.05, 4.69) is 21.4 Å². The molecular formula is C18H19ClN8. The number of halogens is 1. The predicted octanol–water partition coefficient (Wildman–Crippen LogP) is 2.80. The zero-order valence-corrected chi connectivity index (χ0v) is 16.3. The highest BCUT2D eigenvalue weighted by atomic mass is 35.5. The van der Waals surface area contributed by atoms with E-state index >= 15 is 0 Å². The lowest BCUT2D eigenvalue weighted by Gasteiger charge is -2.04. The molecule has 0 radical (unpaired) electrons. The van der Waals surface area contributed by atoms with Gasteiger partial charge in [-0.2, -0.15) is 19.8 Å². The molecule has 0 bridgehead atoms. The van der Waals surface area contributed by atoms with Crippen LogP contribution in [0.25, 0.3) is 17.0 Å². The maximum atomic E-state index is 6.26. The van der Waals surface area contributed by atoms with Crippen LogP contribution in [0, 0.1) is 13.8 Å². The van der Waals surface area contributed by atoms with Crippen LogP contribution in [0.15, 0.2) is 18.3 Å². The van der Waals surface area contributed by atoms with Crippen molar-refractivity contribution >= 4 is 17.2 Å². The fraction of sp³-hybridized carbons (Fsp3) is 0.389. The second-order valence-electron chi connectivity index (χ2n) is 7.27. The summed E-state index contributed by atoms with van der Waals surface area (Å²) in [6.45, 7) is 3.92. The third-order valence-electron chi connectivity index (χ3n) is 5.25. The highest BCUT2D eigenvalue weighted by molar-refractivity contribution is 6.30. The van der Waals surface area contributed by atoms with Crippen LogP contribution in [0.4, 0.5) is 0 Å². The molecule has 138 valence electrons. The summed E-state index contributed by atoms with van der Waals surface area (Å²) in [5.74, 6) is 1.52. The van der Waals surface area contributed by atoms with E-state index in [1.165, 1.54) is 0 Å². The van der Waals surface area contributed by atoms with E-state index in [1.54, 1.807) is 9.20 Å². The van der Waals surface area contributed by atoms with Gasteiger partial charge in [0.15, 0.2) is 16.6 Å². The van der Waals surface area contributed by atoms with Crippen LogP contribution in [-0.4, -0.2) is 39.4 Å². The van der Waals surface area contributed by atoms with Gasteiger partial charge in [0.05, 0.1) is 11.4 Å². The summed E-state index contributed by atoms with van der Waals surface area (Å²) >= 11 is 6.26. The molecule has 4 heterocycles. The van der Waals surface area contributed by atoms with Crippen molar-refractivity contribution in [3.05, 3.63) is 46.1 Å². The van der Waals surface area contributed by atoms with E-state index in [1.807, 2.05) is 44.9 Å². The molecule has 1 saturated carbocycles. The summed E-state index contributed by atoms with van der Waals surface area (Å²) in [5.41, 5.74) is 5.83. The fourth-order valence-corrected chi connectivity index (χ4v) is 4.07. The second kappa shape index (κ2) is 5.63. The maximum absolute atomic E-state index is 6.26. The fourth-order valence-electron chi connectivity index (χ4n) is 3.76. The minimum absolute atomic E-state index is 0.369. The molecule has 27 heavy (non-hydrogen) atoms. The van der Waals surface area contributed by atoms with Gasteiger partial charge < -0.3 is 0 Å². The lowest BCUT2D eigenvalue weighted by atomic mass is 10.1. The molecule has 0 N–H and O–H groups in total. The van der Waals surface area contributed by atoms with Gasteiger partial charge in [-0.1, -0.05) is 11.6 Å². The van der Waals surface area contributed by atoms with Crippen molar-refractivity contribution in [1.82, 2.24) is 39.4 Å². The average Bonchev–Trinajstić information content (AvgIpc) is 2.99. The van der Waals surface area contributed by atoms with E-state index in [9.17, 15) is 0 Å². The first-order valence-electron chi connectivity index (χ1n) is 8.85. The Bertz CT molecular complexity index is 1180. The molecule has 1 fully saturated rings. The van der Waals surface area contributed by atoms with Gasteiger partial charge in [0.1, 0.15) is 5.69 Å². The van der Waals surface area contributed by atoms with Crippen LogP contribution < -0.4 is 0 Å². The summed E-state index contributed by atoms with van der Waals surface area (Å²) in [4.78, 5) is 0. The second-order valence-corrected chi connectivity index (χ2v) is 7.63. The molecule has 1 aliphatic carbocycles. The van der Waals surface area contributed by atoms with Crippen molar-refractivity contribution in [2.45, 2.75) is 32.1 Å². The first-order chi connectivity index (χ1) is 12.9. The van der Waals surface area contributed by atoms with Crippen molar-refractivity contribution < 1.29 is 0 Å². The molecule has 5 rings (SSSR count). The summed E-state index contributed by atoms with van der Waals surface area (Å²) in [6, 6.07) is 4.16. The van der Waals surface area contributed by atoms with Crippen LogP contribution >= 0.6 is 11.6 Å². The Labute approximate surface area is 160 Å². The highest BCUT2D eigenvalue weighted by Crippen LogP contribution is 2.55. The van der Waals surface area contributed by atoms with Crippen molar-refractivity contribution in [3.8, 4) is 11.4 Å². The molecule has 0 saturated heterocycles. The Morgan fingerprint density at radius 2 is 1.85 bits per heavy atom. The molecule has 0 amide bonds. The van der Waals surface area contributed by atoms with Gasteiger partial charge in [-0.05, 0) is 43.9 Å². The molecule has 0 spiro atoms. The minimum atomic E-state index is 0.369. The first kappa shape index (κ1) is 16.4. The Kier molecular flexibility index (Phi) is 3.42. The van der Waals surface area contributed by atoms with Gasteiger partial charge in [0, 0.05) is 31.8 Å². The normalized spacial score (nSPS) is 19.1. The SMILES string of the molecule is Cc1cc(-c2cc(C3CC3c3cn(C)nc3Cl)nn2C)nn2c(C)nnc12. The van der Waals surface area contributed by atoms with Gasteiger partial charge in [-0.3, -0.25) is 9.36 Å². The van der Waals surface area contributed by atoms with Gasteiger partial charge in [0.2, 0.25) is 0 Å². The summed E-state index contributed by atoms with van der Waals surface area (Å²) in [7, 11) is 3.84. The molecule has 9 heteroatoms. The number of hydrogen-bond acceptors (Lipinski definition) is 5. The number of nitrogens with zero attached hydrogens (tertiary/aromatic N) is 8. The first-order valence-corrected chi connectivity index (χ1v) is 9.23. The lowest BCUT2D eigenvalue weighted by molar-refractivity contribution is 0.741. The lowest BCUT2D eigenvalue weighted by Crippen LogP contribution is -2.02. The van der Waals surface area contributed by atoms with Crippen molar-refractivity contribution in [2.75, 3.05) is 0 Å². The van der Waals surface area contributed by atoms with Crippen LogP contribution in [-0.2, 0) is 14.1 Å². The van der Waals surface area contributed by atoms with E-state index < -0.39 is 0 Å². The monoisotopic (exact) mass is 382 g/mol. The molecular weight excluding hydrogens is 364 g/mol. The van der Waals surface area contributed by atoms with Gasteiger partial charge >= 0.3 is 0 Å². The Hall–Kier alpha value is -2.74. The van der Waals surface area contributed by atoms with E-state index in [0.29, 0.717) is 17.0 Å². The molecule has 4 aromatic rings. The van der Waals surface area contributed by atoms with Gasteiger partial charge in [-0.25, -0.2) is 0 Å². The zero-order chi connectivity index (χ0) is 18.9. The number of fused-ring (bicyclic) bond motifs is 1. The van der Waals surface area contributed by atoms with Crippen molar-refractivity contribution in [2.24, 2.45) is 14.1 Å².